The summed E-state index contributed by atoms with van der Waals surface area (Å²) in [5.41, 5.74) is 5.44. The van der Waals surface area contributed by atoms with Crippen LogP contribution < -0.4 is 30.4 Å². The second-order valence-electron chi connectivity index (χ2n) is 7.91. The van der Waals surface area contributed by atoms with Gasteiger partial charge in [0.25, 0.3) is 11.8 Å². The van der Waals surface area contributed by atoms with Gasteiger partial charge in [0.1, 0.15) is 30.5 Å². The predicted molar refractivity (Wildman–Crippen MR) is 148 cm³/mol. The minimum Gasteiger partial charge on any atom is -0.490 e. The lowest BCUT2D eigenvalue weighted by Crippen LogP contribution is -2.49. The first-order chi connectivity index (χ1) is 19.0. The third kappa shape index (κ3) is 9.97. The van der Waals surface area contributed by atoms with E-state index in [0.717, 1.165) is 12.2 Å². The van der Waals surface area contributed by atoms with Crippen LogP contribution in [0.2, 0.25) is 0 Å². The van der Waals surface area contributed by atoms with Gasteiger partial charge in [-0.1, -0.05) is 37.3 Å². The molecule has 0 heterocycles. The summed E-state index contributed by atoms with van der Waals surface area (Å²) in [6, 6.07) is 22.2. The number of thiocarbonyl (C=S) groups is 1. The molecule has 11 heteroatoms. The molecule has 0 unspecified atom stereocenters. The first kappa shape index (κ1) is 28.9. The molecule has 0 spiro atoms. The maximum atomic E-state index is 12.7. The standard InChI is InChI=1S/C28H29N3O7S/c1-2-16-37-27(34)20-12-14-22(15-13-20)38-19-25(32)30-31-28(39)29-26(33)23-10-6-7-11-24(23)36-18-17-35-21-8-4-3-5-9-21/h3-15H,2,16-19H2,1H3,(H,30,32)(H2,29,31,33,39). The molecule has 0 aliphatic heterocycles. The summed E-state index contributed by atoms with van der Waals surface area (Å²) in [5.74, 6) is -0.0174. The van der Waals surface area contributed by atoms with Crippen molar-refractivity contribution in [2.75, 3.05) is 26.4 Å². The molecule has 0 bridgehead atoms. The van der Waals surface area contributed by atoms with Crippen molar-refractivity contribution < 1.29 is 33.3 Å². The molecule has 3 aromatic carbocycles. The average Bonchev–Trinajstić information content (AvgIpc) is 2.97. The van der Waals surface area contributed by atoms with Crippen LogP contribution in [0.5, 0.6) is 17.2 Å². The number of para-hydroxylation sites is 2. The fraction of sp³-hybridized carbons (Fsp3) is 0.214. The third-order valence-corrected chi connectivity index (χ3v) is 5.13. The number of carbonyl (C=O) groups excluding carboxylic acids is 3. The Morgan fingerprint density at radius 1 is 0.744 bits per heavy atom. The monoisotopic (exact) mass is 551 g/mol. The molecule has 0 aliphatic rings. The van der Waals surface area contributed by atoms with Crippen molar-refractivity contribution >= 4 is 35.1 Å². The zero-order valence-corrected chi connectivity index (χ0v) is 22.1. The van der Waals surface area contributed by atoms with Gasteiger partial charge in [0.15, 0.2) is 11.7 Å². The number of esters is 1. The first-order valence-corrected chi connectivity index (χ1v) is 12.6. The summed E-state index contributed by atoms with van der Waals surface area (Å²) >= 11 is 5.10. The molecule has 3 aromatic rings. The van der Waals surface area contributed by atoms with Gasteiger partial charge in [-0.25, -0.2) is 4.79 Å². The Morgan fingerprint density at radius 2 is 1.41 bits per heavy atom. The van der Waals surface area contributed by atoms with E-state index in [-0.39, 0.29) is 23.9 Å². The molecular weight excluding hydrogens is 522 g/mol. The molecular formula is C28H29N3O7S. The highest BCUT2D eigenvalue weighted by atomic mass is 32.1. The van der Waals surface area contributed by atoms with Crippen molar-refractivity contribution in [3.63, 3.8) is 0 Å². The number of nitrogens with one attached hydrogen (secondary N) is 3. The largest absolute Gasteiger partial charge is 0.490 e. The maximum absolute atomic E-state index is 12.7. The zero-order valence-electron chi connectivity index (χ0n) is 21.3. The molecule has 0 radical (unpaired) electrons. The number of carbonyl (C=O) groups is 3. The van der Waals surface area contributed by atoms with E-state index in [9.17, 15) is 14.4 Å². The van der Waals surface area contributed by atoms with Crippen molar-refractivity contribution in [2.45, 2.75) is 13.3 Å². The molecule has 0 aromatic heterocycles. The van der Waals surface area contributed by atoms with Crippen molar-refractivity contribution in [1.82, 2.24) is 16.2 Å². The highest BCUT2D eigenvalue weighted by Gasteiger charge is 2.14. The van der Waals surface area contributed by atoms with E-state index in [1.165, 1.54) is 0 Å². The van der Waals surface area contributed by atoms with E-state index < -0.39 is 17.8 Å². The summed E-state index contributed by atoms with van der Waals surface area (Å²) in [7, 11) is 0. The normalized spacial score (nSPS) is 10.1. The molecule has 3 N–H and O–H groups in total. The number of hydrazine groups is 1. The highest BCUT2D eigenvalue weighted by molar-refractivity contribution is 7.80. The Balaban J connectivity index is 1.38. The van der Waals surface area contributed by atoms with Gasteiger partial charge >= 0.3 is 5.97 Å². The van der Waals surface area contributed by atoms with Crippen LogP contribution in [0, 0.1) is 0 Å². The van der Waals surface area contributed by atoms with Crippen LogP contribution in [0.25, 0.3) is 0 Å². The highest BCUT2D eigenvalue weighted by Crippen LogP contribution is 2.18. The first-order valence-electron chi connectivity index (χ1n) is 12.2. The second kappa shape index (κ2) is 15.6. The van der Waals surface area contributed by atoms with Gasteiger partial charge in [0.2, 0.25) is 0 Å². The van der Waals surface area contributed by atoms with Crippen molar-refractivity contribution in [1.29, 1.82) is 0 Å². The summed E-state index contributed by atoms with van der Waals surface area (Å²) in [6.45, 7) is 2.45. The van der Waals surface area contributed by atoms with Crippen LogP contribution in [0.1, 0.15) is 34.1 Å². The van der Waals surface area contributed by atoms with Gasteiger partial charge in [0, 0.05) is 0 Å². The number of rotatable bonds is 12. The molecule has 2 amide bonds. The van der Waals surface area contributed by atoms with Crippen molar-refractivity contribution in [3.05, 3.63) is 90.0 Å². The predicted octanol–water partition coefficient (Wildman–Crippen LogP) is 3.43. The van der Waals surface area contributed by atoms with Gasteiger partial charge in [-0.05, 0) is 67.2 Å². The van der Waals surface area contributed by atoms with Crippen LogP contribution in [-0.4, -0.2) is 49.3 Å². The quantitative estimate of drug-likeness (QED) is 0.134. The van der Waals surface area contributed by atoms with E-state index >= 15 is 0 Å². The van der Waals surface area contributed by atoms with Gasteiger partial charge in [-0.3, -0.25) is 25.8 Å². The smallest absolute Gasteiger partial charge is 0.338 e. The Morgan fingerprint density at radius 3 is 2.15 bits per heavy atom. The molecule has 3 rings (SSSR count). The van der Waals surface area contributed by atoms with Gasteiger partial charge in [-0.2, -0.15) is 0 Å². The van der Waals surface area contributed by atoms with Gasteiger partial charge in [-0.15, -0.1) is 0 Å². The van der Waals surface area contributed by atoms with Gasteiger partial charge in [0.05, 0.1) is 17.7 Å². The third-order valence-electron chi connectivity index (χ3n) is 4.92. The second-order valence-corrected chi connectivity index (χ2v) is 8.32. The zero-order chi connectivity index (χ0) is 27.9. The van der Waals surface area contributed by atoms with Crippen LogP contribution in [0.15, 0.2) is 78.9 Å². The Hall–Kier alpha value is -4.64. The SMILES string of the molecule is CCCOC(=O)c1ccc(OCC(=O)NNC(=S)NC(=O)c2ccccc2OCCOc2ccccc2)cc1. The molecule has 0 saturated heterocycles. The Bertz CT molecular complexity index is 1250. The van der Waals surface area contributed by atoms with Crippen LogP contribution in [-0.2, 0) is 9.53 Å². The minimum atomic E-state index is -0.541. The fourth-order valence-corrected chi connectivity index (χ4v) is 3.23. The van der Waals surface area contributed by atoms with E-state index in [1.54, 1.807) is 48.5 Å². The summed E-state index contributed by atoms with van der Waals surface area (Å²) in [4.78, 5) is 36.6. The fourth-order valence-electron chi connectivity index (χ4n) is 3.09. The number of hydrogen-bond donors (Lipinski definition) is 3. The lowest BCUT2D eigenvalue weighted by Gasteiger charge is -2.14. The number of benzene rings is 3. The van der Waals surface area contributed by atoms with E-state index in [2.05, 4.69) is 16.2 Å². The van der Waals surface area contributed by atoms with E-state index in [4.69, 9.17) is 31.2 Å². The lowest BCUT2D eigenvalue weighted by molar-refractivity contribution is -0.123. The van der Waals surface area contributed by atoms with Crippen molar-refractivity contribution in [2.24, 2.45) is 0 Å². The van der Waals surface area contributed by atoms with E-state index in [0.29, 0.717) is 30.3 Å². The molecule has 204 valence electrons. The van der Waals surface area contributed by atoms with Crippen LogP contribution in [0.4, 0.5) is 0 Å². The molecule has 0 aliphatic carbocycles. The molecule has 39 heavy (non-hydrogen) atoms. The molecule has 0 saturated carbocycles. The Labute approximate surface area is 231 Å². The minimum absolute atomic E-state index is 0.120. The molecule has 0 fully saturated rings. The number of amides is 2. The summed E-state index contributed by atoms with van der Waals surface area (Å²) in [6.07, 6.45) is 0.732. The maximum Gasteiger partial charge on any atom is 0.338 e. The summed E-state index contributed by atoms with van der Waals surface area (Å²) < 4.78 is 21.8. The lowest BCUT2D eigenvalue weighted by atomic mass is 10.2. The van der Waals surface area contributed by atoms with Crippen LogP contribution in [0.3, 0.4) is 0 Å². The van der Waals surface area contributed by atoms with E-state index in [1.807, 2.05) is 37.3 Å². The van der Waals surface area contributed by atoms with Crippen LogP contribution >= 0.6 is 12.2 Å². The average molecular weight is 552 g/mol. The van der Waals surface area contributed by atoms with Crippen molar-refractivity contribution in [3.8, 4) is 17.2 Å². The number of hydrogen-bond acceptors (Lipinski definition) is 8. The molecule has 0 atom stereocenters. The Kier molecular flexibility index (Phi) is 11.6. The number of ether oxygens (including phenoxy) is 4. The van der Waals surface area contributed by atoms with Gasteiger partial charge < -0.3 is 18.9 Å². The topological polar surface area (TPSA) is 124 Å². The summed E-state index contributed by atoms with van der Waals surface area (Å²) in [5, 5.41) is 2.36. The molecule has 10 nitrogen and oxygen atoms in total.